The van der Waals surface area contributed by atoms with Crippen LogP contribution in [0.2, 0.25) is 0 Å². The van der Waals surface area contributed by atoms with Crippen molar-refractivity contribution in [3.63, 3.8) is 0 Å². The highest BCUT2D eigenvalue weighted by Crippen LogP contribution is 2.36. The predicted molar refractivity (Wildman–Crippen MR) is 117 cm³/mol. The minimum Gasteiger partial charge on any atom is -0.497 e. The number of aliphatic hydroxyl groups excluding tert-OH is 1. The molecule has 3 N–H and O–H groups in total. The number of rotatable bonds is 7. The maximum Gasteiger partial charge on any atom is 0.146 e. The fourth-order valence-corrected chi connectivity index (χ4v) is 3.68. The number of fused-ring (bicyclic) bond motifs is 1. The number of methoxy groups -OCH3 is 2. The van der Waals surface area contributed by atoms with Crippen LogP contribution in [0.3, 0.4) is 0 Å². The SMILES string of the molecule is COc1ccc(CC(CO)n2cc(-c3cccc(OC)c3)c3c(N)ncnc32)cc1. The van der Waals surface area contributed by atoms with Crippen LogP contribution in [0, 0.1) is 0 Å². The lowest BCUT2D eigenvalue weighted by Gasteiger charge is -2.17. The Morgan fingerprint density at radius 1 is 1.03 bits per heavy atom. The minimum absolute atomic E-state index is 0.0444. The molecule has 0 saturated heterocycles. The number of aliphatic hydroxyl groups is 1. The molecule has 0 aliphatic carbocycles. The van der Waals surface area contributed by atoms with Gasteiger partial charge in [0.15, 0.2) is 0 Å². The molecule has 1 unspecified atom stereocenters. The average Bonchev–Trinajstić information content (AvgIpc) is 3.19. The summed E-state index contributed by atoms with van der Waals surface area (Å²) in [6, 6.07) is 15.4. The number of nitrogens with two attached hydrogens (primary N) is 1. The molecule has 0 radical (unpaired) electrons. The highest BCUT2D eigenvalue weighted by atomic mass is 16.5. The van der Waals surface area contributed by atoms with E-state index in [9.17, 15) is 5.11 Å². The molecule has 2 aromatic carbocycles. The third-order valence-corrected chi connectivity index (χ3v) is 5.25. The van der Waals surface area contributed by atoms with E-state index < -0.39 is 0 Å². The van der Waals surface area contributed by atoms with Crippen molar-refractivity contribution in [2.45, 2.75) is 12.5 Å². The number of nitrogens with zero attached hydrogens (tertiary/aromatic N) is 3. The fraction of sp³-hybridized carbons (Fsp3) is 0.217. The van der Waals surface area contributed by atoms with Crippen molar-refractivity contribution in [1.29, 1.82) is 0 Å². The van der Waals surface area contributed by atoms with Crippen molar-refractivity contribution in [3.05, 3.63) is 66.6 Å². The van der Waals surface area contributed by atoms with E-state index in [1.165, 1.54) is 6.33 Å². The van der Waals surface area contributed by atoms with Crippen molar-refractivity contribution >= 4 is 16.9 Å². The topological polar surface area (TPSA) is 95.4 Å². The van der Waals surface area contributed by atoms with Crippen LogP contribution in [0.15, 0.2) is 61.1 Å². The first-order valence-electron chi connectivity index (χ1n) is 9.63. The first kappa shape index (κ1) is 19.7. The molecule has 0 aliphatic rings. The van der Waals surface area contributed by atoms with Gasteiger partial charge in [-0.1, -0.05) is 24.3 Å². The molecule has 4 rings (SSSR count). The molecule has 7 nitrogen and oxygen atoms in total. The maximum atomic E-state index is 10.2. The predicted octanol–water partition coefficient (Wildman–Crippen LogP) is 3.47. The summed E-state index contributed by atoms with van der Waals surface area (Å²) in [7, 11) is 3.28. The highest BCUT2D eigenvalue weighted by molar-refractivity contribution is 6.00. The standard InChI is InChI=1S/C23H24N4O3/c1-29-18-8-6-15(7-9-18)10-17(13-28)27-12-20(16-4-3-5-19(11-16)30-2)21-22(24)25-14-26-23(21)27/h3-9,11-12,14,17,28H,10,13H2,1-2H3,(H2,24,25,26). The van der Waals surface area contributed by atoms with Gasteiger partial charge in [0.25, 0.3) is 0 Å². The molecule has 7 heteroatoms. The zero-order valence-corrected chi connectivity index (χ0v) is 16.9. The van der Waals surface area contributed by atoms with Crippen molar-refractivity contribution < 1.29 is 14.6 Å². The van der Waals surface area contributed by atoms with E-state index >= 15 is 0 Å². The molecule has 2 aromatic heterocycles. The van der Waals surface area contributed by atoms with E-state index in [-0.39, 0.29) is 12.6 Å². The zero-order valence-electron chi connectivity index (χ0n) is 16.9. The van der Waals surface area contributed by atoms with Gasteiger partial charge in [0.2, 0.25) is 0 Å². The zero-order chi connectivity index (χ0) is 21.1. The van der Waals surface area contributed by atoms with Crippen molar-refractivity contribution in [3.8, 4) is 22.6 Å². The summed E-state index contributed by atoms with van der Waals surface area (Å²) in [5.41, 5.74) is 9.85. The quantitative estimate of drug-likeness (QED) is 0.490. The van der Waals surface area contributed by atoms with E-state index in [1.54, 1.807) is 14.2 Å². The summed E-state index contributed by atoms with van der Waals surface area (Å²) in [5, 5.41) is 11.0. The molecule has 30 heavy (non-hydrogen) atoms. The summed E-state index contributed by atoms with van der Waals surface area (Å²) in [6.45, 7) is -0.0444. The van der Waals surface area contributed by atoms with Crippen LogP contribution in [-0.4, -0.2) is 40.5 Å². The van der Waals surface area contributed by atoms with E-state index in [1.807, 2.05) is 59.3 Å². The Bertz CT molecular complexity index is 1160. The van der Waals surface area contributed by atoms with Gasteiger partial charge in [-0.2, -0.15) is 0 Å². The van der Waals surface area contributed by atoms with Crippen LogP contribution in [0.1, 0.15) is 11.6 Å². The largest absolute Gasteiger partial charge is 0.497 e. The van der Waals surface area contributed by atoms with E-state index in [0.29, 0.717) is 17.9 Å². The van der Waals surface area contributed by atoms with Crippen LogP contribution in [0.5, 0.6) is 11.5 Å². The molecule has 0 saturated carbocycles. The number of anilines is 1. The molecule has 0 spiro atoms. The van der Waals surface area contributed by atoms with Gasteiger partial charge in [-0.05, 0) is 41.8 Å². The highest BCUT2D eigenvalue weighted by Gasteiger charge is 2.20. The van der Waals surface area contributed by atoms with Crippen molar-refractivity contribution in [2.24, 2.45) is 0 Å². The molecule has 0 bridgehead atoms. The molecular formula is C23H24N4O3. The number of hydrogen-bond acceptors (Lipinski definition) is 6. The van der Waals surface area contributed by atoms with E-state index in [4.69, 9.17) is 15.2 Å². The molecular weight excluding hydrogens is 380 g/mol. The molecule has 0 fully saturated rings. The monoisotopic (exact) mass is 404 g/mol. The third-order valence-electron chi connectivity index (χ3n) is 5.25. The van der Waals surface area contributed by atoms with Crippen LogP contribution < -0.4 is 15.2 Å². The Morgan fingerprint density at radius 3 is 2.50 bits per heavy atom. The summed E-state index contributed by atoms with van der Waals surface area (Å²) in [4.78, 5) is 8.66. The van der Waals surface area contributed by atoms with Crippen LogP contribution in [0.4, 0.5) is 5.82 Å². The van der Waals surface area contributed by atoms with Crippen LogP contribution >= 0.6 is 0 Å². The molecule has 154 valence electrons. The van der Waals surface area contributed by atoms with Gasteiger partial charge >= 0.3 is 0 Å². The van der Waals surface area contributed by atoms with Crippen LogP contribution in [0.25, 0.3) is 22.2 Å². The first-order chi connectivity index (χ1) is 14.6. The number of aromatic nitrogens is 3. The second-order valence-corrected chi connectivity index (χ2v) is 7.03. The smallest absolute Gasteiger partial charge is 0.146 e. The summed E-state index contributed by atoms with van der Waals surface area (Å²) in [5.74, 6) is 1.95. The van der Waals surface area contributed by atoms with Gasteiger partial charge in [0.1, 0.15) is 29.3 Å². The molecule has 2 heterocycles. The summed E-state index contributed by atoms with van der Waals surface area (Å²) in [6.07, 6.45) is 4.06. The molecule has 4 aromatic rings. The van der Waals surface area contributed by atoms with Gasteiger partial charge in [-0.3, -0.25) is 0 Å². The van der Waals surface area contributed by atoms with Crippen molar-refractivity contribution in [2.75, 3.05) is 26.6 Å². The van der Waals surface area contributed by atoms with Gasteiger partial charge in [-0.15, -0.1) is 0 Å². The minimum atomic E-state index is -0.213. The Kier molecular flexibility index (Phi) is 5.54. The van der Waals surface area contributed by atoms with Crippen LogP contribution in [-0.2, 0) is 6.42 Å². The Hall–Kier alpha value is -3.58. The lowest BCUT2D eigenvalue weighted by molar-refractivity contribution is 0.230. The number of benzene rings is 2. The number of hydrogen-bond donors (Lipinski definition) is 2. The Labute approximate surface area is 174 Å². The van der Waals surface area contributed by atoms with Gasteiger partial charge < -0.3 is 24.9 Å². The van der Waals surface area contributed by atoms with Crippen molar-refractivity contribution in [1.82, 2.24) is 14.5 Å². The molecule has 0 amide bonds. The maximum absolute atomic E-state index is 10.2. The Balaban J connectivity index is 1.80. The lowest BCUT2D eigenvalue weighted by atomic mass is 10.1. The van der Waals surface area contributed by atoms with Gasteiger partial charge in [0.05, 0.1) is 32.3 Å². The number of nitrogen functional groups attached to an aromatic ring is 1. The third kappa shape index (κ3) is 3.67. The second-order valence-electron chi connectivity index (χ2n) is 7.03. The normalized spacial score (nSPS) is 12.1. The fourth-order valence-electron chi connectivity index (χ4n) is 3.68. The van der Waals surface area contributed by atoms with Gasteiger partial charge in [0, 0.05) is 11.8 Å². The van der Waals surface area contributed by atoms with E-state index in [2.05, 4.69) is 9.97 Å². The number of ether oxygens (including phenoxy) is 2. The average molecular weight is 404 g/mol. The first-order valence-corrected chi connectivity index (χ1v) is 9.63. The summed E-state index contributed by atoms with van der Waals surface area (Å²) < 4.78 is 12.6. The summed E-state index contributed by atoms with van der Waals surface area (Å²) >= 11 is 0. The van der Waals surface area contributed by atoms with Gasteiger partial charge in [-0.25, -0.2) is 9.97 Å². The second kappa shape index (κ2) is 8.42. The Morgan fingerprint density at radius 2 is 1.80 bits per heavy atom. The van der Waals surface area contributed by atoms with E-state index in [0.717, 1.165) is 33.6 Å². The molecule has 1 atom stereocenters. The molecule has 0 aliphatic heterocycles. The lowest BCUT2D eigenvalue weighted by Crippen LogP contribution is -2.16.